The zero-order chi connectivity index (χ0) is 15.1. The van der Waals surface area contributed by atoms with Gasteiger partial charge in [-0.15, -0.1) is 0 Å². The van der Waals surface area contributed by atoms with Crippen LogP contribution in [0.15, 0.2) is 30.3 Å². The van der Waals surface area contributed by atoms with Crippen LogP contribution in [0.5, 0.6) is 0 Å². The maximum atomic E-state index is 12.0. The van der Waals surface area contributed by atoms with Gasteiger partial charge in [0.15, 0.2) is 0 Å². The molecule has 1 aromatic carbocycles. The SMILES string of the molecule is C[C@H](O)CCN1CCN(C(=O)OCc2ccccc2)CC1. The molecule has 1 saturated heterocycles. The third-order valence-corrected chi connectivity index (χ3v) is 3.70. The summed E-state index contributed by atoms with van der Waals surface area (Å²) in [6, 6.07) is 9.70. The average molecular weight is 292 g/mol. The maximum absolute atomic E-state index is 12.0. The summed E-state index contributed by atoms with van der Waals surface area (Å²) in [6.45, 7) is 6.06. The van der Waals surface area contributed by atoms with Crippen LogP contribution < -0.4 is 0 Å². The Morgan fingerprint density at radius 2 is 1.90 bits per heavy atom. The maximum Gasteiger partial charge on any atom is 0.410 e. The number of hydrogen-bond donors (Lipinski definition) is 1. The third-order valence-electron chi connectivity index (χ3n) is 3.70. The number of ether oxygens (including phenoxy) is 1. The molecule has 0 unspecified atom stereocenters. The molecule has 1 amide bonds. The van der Waals surface area contributed by atoms with E-state index in [1.54, 1.807) is 11.8 Å². The molecule has 5 heteroatoms. The summed E-state index contributed by atoms with van der Waals surface area (Å²) in [5, 5.41) is 9.29. The number of aliphatic hydroxyl groups excluding tert-OH is 1. The molecule has 0 aliphatic carbocycles. The molecule has 1 fully saturated rings. The van der Waals surface area contributed by atoms with Crippen LogP contribution in [0.1, 0.15) is 18.9 Å². The van der Waals surface area contributed by atoms with Gasteiger partial charge in [0, 0.05) is 32.7 Å². The van der Waals surface area contributed by atoms with E-state index in [0.717, 1.165) is 31.6 Å². The molecular formula is C16H24N2O3. The molecule has 0 bridgehead atoms. The summed E-state index contributed by atoms with van der Waals surface area (Å²) in [5.74, 6) is 0. The molecule has 1 aromatic rings. The van der Waals surface area contributed by atoms with Gasteiger partial charge in [0.05, 0.1) is 6.10 Å². The lowest BCUT2D eigenvalue weighted by atomic mass is 10.2. The van der Waals surface area contributed by atoms with Crippen molar-refractivity contribution >= 4 is 6.09 Å². The smallest absolute Gasteiger partial charge is 0.410 e. The first kappa shape index (κ1) is 15.8. The van der Waals surface area contributed by atoms with E-state index in [2.05, 4.69) is 4.90 Å². The van der Waals surface area contributed by atoms with Crippen LogP contribution >= 0.6 is 0 Å². The van der Waals surface area contributed by atoms with Crippen molar-refractivity contribution in [1.82, 2.24) is 9.80 Å². The Balaban J connectivity index is 1.68. The summed E-state index contributed by atoms with van der Waals surface area (Å²) in [4.78, 5) is 16.0. The fraction of sp³-hybridized carbons (Fsp3) is 0.562. The minimum atomic E-state index is -0.265. The summed E-state index contributed by atoms with van der Waals surface area (Å²) in [7, 11) is 0. The van der Waals surface area contributed by atoms with Gasteiger partial charge < -0.3 is 14.7 Å². The van der Waals surface area contributed by atoms with Gasteiger partial charge in [-0.2, -0.15) is 0 Å². The largest absolute Gasteiger partial charge is 0.445 e. The van der Waals surface area contributed by atoms with Crippen molar-refractivity contribution in [2.24, 2.45) is 0 Å². The van der Waals surface area contributed by atoms with Crippen LogP contribution in [0, 0.1) is 0 Å². The Morgan fingerprint density at radius 1 is 1.24 bits per heavy atom. The monoisotopic (exact) mass is 292 g/mol. The van der Waals surface area contributed by atoms with E-state index in [0.29, 0.717) is 19.7 Å². The molecule has 0 spiro atoms. The predicted octanol–water partition coefficient (Wildman–Crippen LogP) is 1.71. The number of carbonyl (C=O) groups excluding carboxylic acids is 1. The van der Waals surface area contributed by atoms with Crippen molar-refractivity contribution in [1.29, 1.82) is 0 Å². The number of aliphatic hydroxyl groups is 1. The molecule has 1 aliphatic rings. The Hall–Kier alpha value is -1.59. The topological polar surface area (TPSA) is 53.0 Å². The second-order valence-corrected chi connectivity index (χ2v) is 5.51. The molecule has 0 aromatic heterocycles. The Labute approximate surface area is 126 Å². The van der Waals surface area contributed by atoms with Crippen LogP contribution in [0.2, 0.25) is 0 Å². The number of benzene rings is 1. The molecule has 1 aliphatic heterocycles. The van der Waals surface area contributed by atoms with Crippen molar-refractivity contribution in [3.05, 3.63) is 35.9 Å². The van der Waals surface area contributed by atoms with Crippen molar-refractivity contribution in [3.8, 4) is 0 Å². The highest BCUT2D eigenvalue weighted by Crippen LogP contribution is 2.07. The second-order valence-electron chi connectivity index (χ2n) is 5.51. The van der Waals surface area contributed by atoms with Crippen molar-refractivity contribution in [2.75, 3.05) is 32.7 Å². The molecule has 0 saturated carbocycles. The normalized spacial score (nSPS) is 17.5. The van der Waals surface area contributed by atoms with Gasteiger partial charge in [-0.3, -0.25) is 4.90 Å². The third kappa shape index (κ3) is 5.36. The van der Waals surface area contributed by atoms with E-state index in [1.165, 1.54) is 0 Å². The Bertz CT molecular complexity index is 428. The predicted molar refractivity (Wildman–Crippen MR) is 80.9 cm³/mol. The van der Waals surface area contributed by atoms with Crippen molar-refractivity contribution < 1.29 is 14.6 Å². The Kier molecular flexibility index (Phi) is 6.02. The van der Waals surface area contributed by atoms with Crippen molar-refractivity contribution in [3.63, 3.8) is 0 Å². The first-order valence-corrected chi connectivity index (χ1v) is 7.51. The minimum Gasteiger partial charge on any atom is -0.445 e. The summed E-state index contributed by atoms with van der Waals surface area (Å²) in [6.07, 6.45) is 0.270. The quantitative estimate of drug-likeness (QED) is 0.897. The van der Waals surface area contributed by atoms with Gasteiger partial charge in [-0.1, -0.05) is 30.3 Å². The molecule has 0 radical (unpaired) electrons. The van der Waals surface area contributed by atoms with Gasteiger partial charge >= 0.3 is 6.09 Å². The van der Waals surface area contributed by atoms with Crippen LogP contribution in [0.25, 0.3) is 0 Å². The summed E-state index contributed by atoms with van der Waals surface area (Å²) < 4.78 is 5.33. The molecule has 1 atom stereocenters. The summed E-state index contributed by atoms with van der Waals surface area (Å²) in [5.41, 5.74) is 1.00. The number of rotatable bonds is 5. The lowest BCUT2D eigenvalue weighted by molar-refractivity contribution is 0.0671. The summed E-state index contributed by atoms with van der Waals surface area (Å²) >= 11 is 0. The highest BCUT2D eigenvalue weighted by Gasteiger charge is 2.22. The minimum absolute atomic E-state index is 0.242. The molecule has 2 rings (SSSR count). The number of hydrogen-bond acceptors (Lipinski definition) is 4. The lowest BCUT2D eigenvalue weighted by Gasteiger charge is -2.34. The molecule has 5 nitrogen and oxygen atoms in total. The lowest BCUT2D eigenvalue weighted by Crippen LogP contribution is -2.49. The average Bonchev–Trinajstić information content (AvgIpc) is 2.52. The van der Waals surface area contributed by atoms with E-state index in [9.17, 15) is 9.90 Å². The van der Waals surface area contributed by atoms with Gasteiger partial charge in [-0.25, -0.2) is 4.79 Å². The Morgan fingerprint density at radius 3 is 2.52 bits per heavy atom. The van der Waals surface area contributed by atoms with Crippen LogP contribution in [0.4, 0.5) is 4.79 Å². The highest BCUT2D eigenvalue weighted by molar-refractivity contribution is 5.67. The molecule has 21 heavy (non-hydrogen) atoms. The van der Waals surface area contributed by atoms with Gasteiger partial charge in [0.25, 0.3) is 0 Å². The van der Waals surface area contributed by atoms with Crippen LogP contribution in [-0.2, 0) is 11.3 Å². The van der Waals surface area contributed by atoms with Crippen molar-refractivity contribution in [2.45, 2.75) is 26.1 Å². The van der Waals surface area contributed by atoms with E-state index in [1.807, 2.05) is 30.3 Å². The van der Waals surface area contributed by atoms with Gasteiger partial charge in [0.2, 0.25) is 0 Å². The number of carbonyl (C=O) groups is 1. The fourth-order valence-electron chi connectivity index (χ4n) is 2.33. The number of nitrogens with zero attached hydrogens (tertiary/aromatic N) is 2. The first-order valence-electron chi connectivity index (χ1n) is 7.51. The van der Waals surface area contributed by atoms with Gasteiger partial charge in [-0.05, 0) is 18.9 Å². The molecular weight excluding hydrogens is 268 g/mol. The first-order chi connectivity index (χ1) is 10.1. The van der Waals surface area contributed by atoms with E-state index in [4.69, 9.17) is 4.74 Å². The molecule has 1 heterocycles. The second kappa shape index (κ2) is 8.00. The van der Waals surface area contributed by atoms with E-state index < -0.39 is 0 Å². The van der Waals surface area contributed by atoms with E-state index >= 15 is 0 Å². The standard InChI is InChI=1S/C16H24N2O3/c1-14(19)7-8-17-9-11-18(12-10-17)16(20)21-13-15-5-3-2-4-6-15/h2-6,14,19H,7-13H2,1H3/t14-/m0/s1. The molecule has 1 N–H and O–H groups in total. The molecule has 116 valence electrons. The zero-order valence-corrected chi connectivity index (χ0v) is 12.6. The van der Waals surface area contributed by atoms with Gasteiger partial charge in [0.1, 0.15) is 6.61 Å². The van der Waals surface area contributed by atoms with Crippen LogP contribution in [0.3, 0.4) is 0 Å². The highest BCUT2D eigenvalue weighted by atomic mass is 16.6. The zero-order valence-electron chi connectivity index (χ0n) is 12.6. The number of amides is 1. The van der Waals surface area contributed by atoms with E-state index in [-0.39, 0.29) is 12.2 Å². The fourth-order valence-corrected chi connectivity index (χ4v) is 2.33. The van der Waals surface area contributed by atoms with Crippen LogP contribution in [-0.4, -0.2) is 59.8 Å². The number of piperazine rings is 1.